The van der Waals surface area contributed by atoms with Crippen molar-refractivity contribution >= 4 is 17.2 Å². The standard InChI is InChI=1S/C16H15ClO/c17-16-11-5-4-9-15(16)14(10-6-12-18)13-7-2-1-3-8-13/h1-5,7-11,18H,6,12H2. The van der Waals surface area contributed by atoms with E-state index in [-0.39, 0.29) is 6.61 Å². The van der Waals surface area contributed by atoms with Gasteiger partial charge in [0.15, 0.2) is 0 Å². The van der Waals surface area contributed by atoms with Crippen molar-refractivity contribution < 1.29 is 5.11 Å². The van der Waals surface area contributed by atoms with Crippen molar-refractivity contribution in [2.45, 2.75) is 6.42 Å². The molecule has 0 aromatic heterocycles. The SMILES string of the molecule is OCCC=C(c1ccccc1)c1ccccc1Cl. The zero-order chi connectivity index (χ0) is 12.8. The molecule has 0 atom stereocenters. The van der Waals surface area contributed by atoms with Crippen LogP contribution in [0.25, 0.3) is 5.57 Å². The highest BCUT2D eigenvalue weighted by molar-refractivity contribution is 6.32. The minimum atomic E-state index is 0.140. The predicted octanol–water partition coefficient (Wildman–Crippen LogP) is 4.15. The minimum Gasteiger partial charge on any atom is -0.396 e. The Morgan fingerprint density at radius 1 is 1.00 bits per heavy atom. The van der Waals surface area contributed by atoms with E-state index in [1.54, 1.807) is 0 Å². The van der Waals surface area contributed by atoms with Gasteiger partial charge in [-0.25, -0.2) is 0 Å². The molecule has 0 unspecified atom stereocenters. The van der Waals surface area contributed by atoms with Crippen molar-refractivity contribution in [3.8, 4) is 0 Å². The average Bonchev–Trinajstić information content (AvgIpc) is 2.42. The number of halogens is 1. The third kappa shape index (κ3) is 3.00. The first-order chi connectivity index (χ1) is 8.83. The van der Waals surface area contributed by atoms with Crippen molar-refractivity contribution in [1.82, 2.24) is 0 Å². The van der Waals surface area contributed by atoms with Gasteiger partial charge in [0.25, 0.3) is 0 Å². The Balaban J connectivity index is 2.48. The summed E-state index contributed by atoms with van der Waals surface area (Å²) in [6.45, 7) is 0.140. The molecule has 1 N–H and O–H groups in total. The van der Waals surface area contributed by atoms with Gasteiger partial charge in [0.05, 0.1) is 0 Å². The summed E-state index contributed by atoms with van der Waals surface area (Å²) in [6, 6.07) is 17.8. The molecule has 18 heavy (non-hydrogen) atoms. The van der Waals surface area contributed by atoms with Crippen LogP contribution in [0.2, 0.25) is 5.02 Å². The largest absolute Gasteiger partial charge is 0.396 e. The molecule has 0 aliphatic rings. The first kappa shape index (κ1) is 12.9. The molecule has 1 nitrogen and oxygen atoms in total. The molecule has 0 saturated heterocycles. The summed E-state index contributed by atoms with van der Waals surface area (Å²) in [5, 5.41) is 9.73. The van der Waals surface area contributed by atoms with E-state index in [0.29, 0.717) is 6.42 Å². The van der Waals surface area contributed by atoms with Crippen molar-refractivity contribution in [1.29, 1.82) is 0 Å². The number of hydrogen-bond acceptors (Lipinski definition) is 1. The number of rotatable bonds is 4. The molecular weight excluding hydrogens is 244 g/mol. The first-order valence-corrected chi connectivity index (χ1v) is 6.32. The Bertz CT molecular complexity index is 532. The van der Waals surface area contributed by atoms with E-state index in [1.807, 2.05) is 60.7 Å². The zero-order valence-corrected chi connectivity index (χ0v) is 10.8. The fraction of sp³-hybridized carbons (Fsp3) is 0.125. The molecular formula is C16H15ClO. The van der Waals surface area contributed by atoms with Crippen LogP contribution in [-0.2, 0) is 0 Å². The maximum absolute atomic E-state index is 9.00. The number of hydrogen-bond donors (Lipinski definition) is 1. The molecule has 2 rings (SSSR count). The van der Waals surface area contributed by atoms with Gasteiger partial charge < -0.3 is 5.11 Å². The van der Waals surface area contributed by atoms with Crippen LogP contribution < -0.4 is 0 Å². The summed E-state index contributed by atoms with van der Waals surface area (Å²) >= 11 is 6.24. The number of aliphatic hydroxyl groups excluding tert-OH is 1. The summed E-state index contributed by atoms with van der Waals surface area (Å²) in [4.78, 5) is 0. The molecule has 92 valence electrons. The van der Waals surface area contributed by atoms with E-state index in [0.717, 1.165) is 21.7 Å². The van der Waals surface area contributed by atoms with Gasteiger partial charge in [0.2, 0.25) is 0 Å². The van der Waals surface area contributed by atoms with E-state index in [9.17, 15) is 0 Å². The smallest absolute Gasteiger partial charge is 0.0484 e. The van der Waals surface area contributed by atoms with Crippen molar-refractivity contribution in [3.05, 3.63) is 76.8 Å². The second kappa shape index (κ2) is 6.39. The molecule has 2 aromatic carbocycles. The maximum Gasteiger partial charge on any atom is 0.0484 e. The molecule has 0 amide bonds. The Kier molecular flexibility index (Phi) is 4.57. The van der Waals surface area contributed by atoms with Crippen molar-refractivity contribution in [2.75, 3.05) is 6.61 Å². The van der Waals surface area contributed by atoms with Gasteiger partial charge in [-0.1, -0.05) is 66.2 Å². The van der Waals surface area contributed by atoms with Crippen molar-refractivity contribution in [2.24, 2.45) is 0 Å². The lowest BCUT2D eigenvalue weighted by Crippen LogP contribution is -1.90. The van der Waals surface area contributed by atoms with Crippen LogP contribution in [0.5, 0.6) is 0 Å². The summed E-state index contributed by atoms with van der Waals surface area (Å²) in [6.07, 6.45) is 2.64. The summed E-state index contributed by atoms with van der Waals surface area (Å²) < 4.78 is 0. The van der Waals surface area contributed by atoms with Gasteiger partial charge in [-0.3, -0.25) is 0 Å². The fourth-order valence-corrected chi connectivity index (χ4v) is 2.13. The highest BCUT2D eigenvalue weighted by Crippen LogP contribution is 2.29. The normalized spacial score (nSPS) is 11.6. The molecule has 0 fully saturated rings. The minimum absolute atomic E-state index is 0.140. The monoisotopic (exact) mass is 258 g/mol. The van der Waals surface area contributed by atoms with E-state index in [1.165, 1.54) is 0 Å². The number of aliphatic hydroxyl groups is 1. The lowest BCUT2D eigenvalue weighted by molar-refractivity contribution is 0.303. The van der Waals surface area contributed by atoms with E-state index in [4.69, 9.17) is 16.7 Å². The van der Waals surface area contributed by atoms with Gasteiger partial charge in [-0.05, 0) is 23.6 Å². The van der Waals surface area contributed by atoms with Gasteiger partial charge in [0, 0.05) is 17.2 Å². The van der Waals surface area contributed by atoms with Gasteiger partial charge in [0.1, 0.15) is 0 Å². The predicted molar refractivity (Wildman–Crippen MR) is 76.7 cm³/mol. The fourth-order valence-electron chi connectivity index (χ4n) is 1.89. The first-order valence-electron chi connectivity index (χ1n) is 5.94. The highest BCUT2D eigenvalue weighted by atomic mass is 35.5. The topological polar surface area (TPSA) is 20.2 Å². The lowest BCUT2D eigenvalue weighted by Gasteiger charge is -2.10. The van der Waals surface area contributed by atoms with Crippen LogP contribution in [0.4, 0.5) is 0 Å². The van der Waals surface area contributed by atoms with Crippen LogP contribution in [-0.4, -0.2) is 11.7 Å². The Morgan fingerprint density at radius 3 is 2.33 bits per heavy atom. The van der Waals surface area contributed by atoms with Gasteiger partial charge >= 0.3 is 0 Å². The molecule has 0 saturated carbocycles. The maximum atomic E-state index is 9.00. The second-order valence-electron chi connectivity index (χ2n) is 3.98. The van der Waals surface area contributed by atoms with Gasteiger partial charge in [-0.2, -0.15) is 0 Å². The molecule has 0 spiro atoms. The lowest BCUT2D eigenvalue weighted by atomic mass is 9.97. The molecule has 0 aliphatic carbocycles. The molecule has 0 bridgehead atoms. The Hall–Kier alpha value is -1.57. The summed E-state index contributed by atoms with van der Waals surface area (Å²) in [5.74, 6) is 0. The Labute approximate surface area is 112 Å². The van der Waals surface area contributed by atoms with E-state index < -0.39 is 0 Å². The summed E-state index contributed by atoms with van der Waals surface area (Å²) in [7, 11) is 0. The molecule has 2 aromatic rings. The van der Waals surface area contributed by atoms with Crippen molar-refractivity contribution in [3.63, 3.8) is 0 Å². The average molecular weight is 259 g/mol. The van der Waals surface area contributed by atoms with E-state index in [2.05, 4.69) is 0 Å². The van der Waals surface area contributed by atoms with Crippen LogP contribution in [0.3, 0.4) is 0 Å². The third-order valence-corrected chi connectivity index (χ3v) is 3.06. The zero-order valence-electron chi connectivity index (χ0n) is 10.0. The van der Waals surface area contributed by atoms with E-state index >= 15 is 0 Å². The van der Waals surface area contributed by atoms with Crippen LogP contribution in [0.1, 0.15) is 17.5 Å². The molecule has 0 radical (unpaired) electrons. The van der Waals surface area contributed by atoms with Gasteiger partial charge in [-0.15, -0.1) is 0 Å². The number of benzene rings is 2. The third-order valence-electron chi connectivity index (χ3n) is 2.73. The highest BCUT2D eigenvalue weighted by Gasteiger charge is 2.07. The second-order valence-corrected chi connectivity index (χ2v) is 4.38. The van der Waals surface area contributed by atoms with Crippen LogP contribution in [0, 0.1) is 0 Å². The quantitative estimate of drug-likeness (QED) is 0.873. The molecule has 0 heterocycles. The molecule has 0 aliphatic heterocycles. The Morgan fingerprint density at radius 2 is 1.67 bits per heavy atom. The van der Waals surface area contributed by atoms with Crippen LogP contribution in [0.15, 0.2) is 60.7 Å². The molecule has 2 heteroatoms. The summed E-state index contributed by atoms with van der Waals surface area (Å²) in [5.41, 5.74) is 3.17. The van der Waals surface area contributed by atoms with Crippen LogP contribution >= 0.6 is 11.6 Å².